The molecule has 0 aliphatic heterocycles. The molecule has 0 heterocycles. The highest BCUT2D eigenvalue weighted by Crippen LogP contribution is 2.27. The second-order valence-electron chi connectivity index (χ2n) is 12.2. The molecule has 1 N–H and O–H groups in total. The van der Waals surface area contributed by atoms with Crippen LogP contribution in [0.2, 0.25) is 5.02 Å². The van der Waals surface area contributed by atoms with Gasteiger partial charge < -0.3 is 10.2 Å². The lowest BCUT2D eigenvalue weighted by Gasteiger charge is -2.35. The first-order chi connectivity index (χ1) is 23.1. The monoisotopic (exact) mass is 703 g/mol. The van der Waals surface area contributed by atoms with E-state index in [4.69, 9.17) is 11.6 Å². The van der Waals surface area contributed by atoms with Crippen LogP contribution < -0.4 is 9.62 Å². The molecule has 1 aliphatic carbocycles. The Morgan fingerprint density at radius 2 is 1.50 bits per heavy atom. The van der Waals surface area contributed by atoms with Gasteiger partial charge in [0.25, 0.3) is 10.0 Å². The molecule has 0 saturated heterocycles. The average Bonchev–Trinajstić information content (AvgIpc) is 3.10. The summed E-state index contributed by atoms with van der Waals surface area (Å²) >= 11 is 7.71. The van der Waals surface area contributed by atoms with Crippen molar-refractivity contribution in [3.63, 3.8) is 0 Å². The number of halogens is 1. The molecular formula is C38H42ClN3O4S2. The zero-order valence-corrected chi connectivity index (χ0v) is 29.7. The number of amides is 2. The van der Waals surface area contributed by atoms with E-state index in [1.165, 1.54) is 16.7 Å². The van der Waals surface area contributed by atoms with E-state index >= 15 is 0 Å². The summed E-state index contributed by atoms with van der Waals surface area (Å²) < 4.78 is 29.7. The lowest BCUT2D eigenvalue weighted by Crippen LogP contribution is -2.55. The van der Waals surface area contributed by atoms with Gasteiger partial charge >= 0.3 is 0 Å². The van der Waals surface area contributed by atoms with Crippen molar-refractivity contribution in [1.29, 1.82) is 0 Å². The molecule has 7 nitrogen and oxygen atoms in total. The topological polar surface area (TPSA) is 86.8 Å². The molecule has 0 radical (unpaired) electrons. The number of aryl methyl sites for hydroxylation is 1. The maximum Gasteiger partial charge on any atom is 0.264 e. The third kappa shape index (κ3) is 9.21. The Kier molecular flexibility index (Phi) is 12.2. The number of hydrogen-bond acceptors (Lipinski definition) is 5. The largest absolute Gasteiger partial charge is 0.352 e. The minimum absolute atomic E-state index is 0.0331. The third-order valence-corrected chi connectivity index (χ3v) is 11.5. The van der Waals surface area contributed by atoms with E-state index in [9.17, 15) is 18.0 Å². The number of anilines is 1. The van der Waals surface area contributed by atoms with Crippen LogP contribution in [0.5, 0.6) is 0 Å². The molecule has 1 atom stereocenters. The third-order valence-electron chi connectivity index (χ3n) is 8.74. The van der Waals surface area contributed by atoms with Crippen LogP contribution in [0.3, 0.4) is 0 Å². The van der Waals surface area contributed by atoms with Gasteiger partial charge in [-0.25, -0.2) is 8.42 Å². The van der Waals surface area contributed by atoms with E-state index in [2.05, 4.69) is 5.32 Å². The van der Waals surface area contributed by atoms with Gasteiger partial charge in [0.2, 0.25) is 11.8 Å². The highest BCUT2D eigenvalue weighted by molar-refractivity contribution is 7.98. The molecule has 1 fully saturated rings. The summed E-state index contributed by atoms with van der Waals surface area (Å²) in [6.45, 7) is 1.52. The van der Waals surface area contributed by atoms with Crippen LogP contribution in [0.25, 0.3) is 0 Å². The summed E-state index contributed by atoms with van der Waals surface area (Å²) in [5.74, 6) is -0.736. The minimum Gasteiger partial charge on any atom is -0.352 e. The fraction of sp³-hybridized carbons (Fsp3) is 0.316. The number of carbonyl (C=O) groups excluding carboxylic acids is 2. The van der Waals surface area contributed by atoms with Gasteiger partial charge in [-0.3, -0.25) is 13.9 Å². The lowest BCUT2D eigenvalue weighted by atomic mass is 9.94. The van der Waals surface area contributed by atoms with Gasteiger partial charge in [-0.1, -0.05) is 91.0 Å². The van der Waals surface area contributed by atoms with Crippen LogP contribution in [0.1, 0.15) is 48.8 Å². The molecule has 4 aromatic rings. The summed E-state index contributed by atoms with van der Waals surface area (Å²) in [5.41, 5.74) is 2.99. The van der Waals surface area contributed by atoms with Crippen molar-refractivity contribution in [3.05, 3.63) is 125 Å². The second-order valence-corrected chi connectivity index (χ2v) is 15.4. The van der Waals surface area contributed by atoms with Crippen molar-refractivity contribution >= 4 is 50.9 Å². The van der Waals surface area contributed by atoms with Gasteiger partial charge in [-0.05, 0) is 85.7 Å². The highest BCUT2D eigenvalue weighted by atomic mass is 35.5. The van der Waals surface area contributed by atoms with Crippen LogP contribution in [0, 0.1) is 6.92 Å². The first-order valence-corrected chi connectivity index (χ1v) is 19.3. The zero-order chi connectivity index (χ0) is 34.1. The van der Waals surface area contributed by atoms with Crippen LogP contribution in [0.15, 0.2) is 113 Å². The van der Waals surface area contributed by atoms with Crippen molar-refractivity contribution in [3.8, 4) is 0 Å². The number of thioether (sulfide) groups is 1. The van der Waals surface area contributed by atoms with Gasteiger partial charge in [0.15, 0.2) is 0 Å². The van der Waals surface area contributed by atoms with E-state index in [0.717, 1.165) is 58.0 Å². The number of nitrogens with one attached hydrogen (secondary N) is 1. The smallest absolute Gasteiger partial charge is 0.264 e. The van der Waals surface area contributed by atoms with Gasteiger partial charge in [0, 0.05) is 28.9 Å². The summed E-state index contributed by atoms with van der Waals surface area (Å²) in [6, 6.07) is 29.6. The Bertz CT molecular complexity index is 1760. The second kappa shape index (κ2) is 16.5. The van der Waals surface area contributed by atoms with Crippen LogP contribution in [-0.4, -0.2) is 50.0 Å². The molecule has 0 spiro atoms. The number of carbonyl (C=O) groups is 2. The van der Waals surface area contributed by atoms with Gasteiger partial charge in [-0.2, -0.15) is 0 Å². The minimum atomic E-state index is -4.17. The Morgan fingerprint density at radius 3 is 2.12 bits per heavy atom. The van der Waals surface area contributed by atoms with Crippen LogP contribution in [-0.2, 0) is 32.6 Å². The Morgan fingerprint density at radius 1 is 0.854 bits per heavy atom. The Balaban J connectivity index is 1.55. The molecule has 10 heteroatoms. The first-order valence-electron chi connectivity index (χ1n) is 16.3. The molecule has 4 aromatic carbocycles. The zero-order valence-electron chi connectivity index (χ0n) is 27.3. The number of hydrogen-bond donors (Lipinski definition) is 1. The van der Waals surface area contributed by atoms with E-state index in [-0.39, 0.29) is 29.8 Å². The van der Waals surface area contributed by atoms with E-state index in [1.807, 2.05) is 67.8 Å². The predicted octanol–water partition coefficient (Wildman–Crippen LogP) is 7.65. The quantitative estimate of drug-likeness (QED) is 0.145. The summed E-state index contributed by atoms with van der Waals surface area (Å²) in [6.07, 6.45) is 7.21. The van der Waals surface area contributed by atoms with Crippen LogP contribution in [0.4, 0.5) is 5.69 Å². The van der Waals surface area contributed by atoms with E-state index in [0.29, 0.717) is 10.7 Å². The van der Waals surface area contributed by atoms with Gasteiger partial charge in [0.1, 0.15) is 12.6 Å². The van der Waals surface area contributed by atoms with Crippen molar-refractivity contribution in [2.45, 2.75) is 73.9 Å². The SMILES string of the molecule is CSc1ccc(S(=O)(=O)N(CC(=O)N(Cc2ccc(Cl)cc2)[C@H](Cc2ccccc2)C(=O)NC2CCCCC2)c2ccc(C)cc2)cc1. The lowest BCUT2D eigenvalue weighted by molar-refractivity contribution is -0.140. The predicted molar refractivity (Wildman–Crippen MR) is 195 cm³/mol. The highest BCUT2D eigenvalue weighted by Gasteiger charge is 2.35. The van der Waals surface area contributed by atoms with Crippen LogP contribution >= 0.6 is 23.4 Å². The Hall–Kier alpha value is -3.79. The van der Waals surface area contributed by atoms with Gasteiger partial charge in [0.05, 0.1) is 10.6 Å². The summed E-state index contributed by atoms with van der Waals surface area (Å²) in [7, 11) is -4.17. The van der Waals surface area contributed by atoms with E-state index in [1.54, 1.807) is 48.5 Å². The average molecular weight is 704 g/mol. The molecule has 252 valence electrons. The molecule has 1 aliphatic rings. The molecule has 1 saturated carbocycles. The summed E-state index contributed by atoms with van der Waals surface area (Å²) in [4.78, 5) is 31.4. The number of sulfonamides is 1. The summed E-state index contributed by atoms with van der Waals surface area (Å²) in [5, 5.41) is 3.79. The number of rotatable bonds is 13. The maximum absolute atomic E-state index is 14.7. The molecule has 48 heavy (non-hydrogen) atoms. The maximum atomic E-state index is 14.7. The molecule has 5 rings (SSSR count). The number of nitrogens with zero attached hydrogens (tertiary/aromatic N) is 2. The standard InChI is InChI=1S/C38H42ClN3O4S2/c1-28-13-19-33(20-14-28)42(48(45,46)35-23-21-34(47-2)22-24-35)27-37(43)41(26-30-15-17-31(39)18-16-30)36(25-29-9-5-3-6-10-29)38(44)40-32-11-7-4-8-12-32/h3,5-6,9-10,13-24,32,36H,4,7-8,11-12,25-27H2,1-2H3,(H,40,44)/t36-/m1/s1. The Labute approximate surface area is 293 Å². The van der Waals surface area contributed by atoms with Crippen molar-refractivity contribution < 1.29 is 18.0 Å². The fourth-order valence-electron chi connectivity index (χ4n) is 6.00. The fourth-order valence-corrected chi connectivity index (χ4v) is 7.95. The molecule has 0 unspecified atom stereocenters. The number of benzene rings is 4. The van der Waals surface area contributed by atoms with Crippen molar-refractivity contribution in [1.82, 2.24) is 10.2 Å². The molecule has 2 amide bonds. The van der Waals surface area contributed by atoms with Crippen molar-refractivity contribution in [2.75, 3.05) is 17.1 Å². The first kappa shape index (κ1) is 35.5. The molecule has 0 bridgehead atoms. The van der Waals surface area contributed by atoms with Gasteiger partial charge in [-0.15, -0.1) is 11.8 Å². The molecular weight excluding hydrogens is 662 g/mol. The van der Waals surface area contributed by atoms with Crippen molar-refractivity contribution in [2.24, 2.45) is 0 Å². The normalized spacial score (nSPS) is 14.2. The molecule has 0 aromatic heterocycles. The van der Waals surface area contributed by atoms with E-state index < -0.39 is 28.5 Å².